The van der Waals surface area contributed by atoms with Crippen molar-refractivity contribution in [3.8, 4) is 5.75 Å². The summed E-state index contributed by atoms with van der Waals surface area (Å²) in [7, 11) is 3.83. The van der Waals surface area contributed by atoms with Gasteiger partial charge in [0.1, 0.15) is 12.4 Å². The van der Waals surface area contributed by atoms with E-state index in [9.17, 15) is 13.2 Å². The lowest BCUT2D eigenvalue weighted by Crippen LogP contribution is -2.20. The molecule has 0 amide bonds. The number of hydrogen-bond acceptors (Lipinski definition) is 2. The van der Waals surface area contributed by atoms with Crippen LogP contribution in [0.15, 0.2) is 18.2 Å². The maximum Gasteiger partial charge on any atom is 0.416 e. The molecule has 1 rings (SSSR count). The molecule has 0 bridgehead atoms. The summed E-state index contributed by atoms with van der Waals surface area (Å²) in [5.41, 5.74) is -0.0373. The molecule has 0 radical (unpaired) electrons. The van der Waals surface area contributed by atoms with Gasteiger partial charge in [-0.25, -0.2) is 0 Å². The Balaban J connectivity index is 2.92. The summed E-state index contributed by atoms with van der Waals surface area (Å²) in [5.74, 6) is 0.515. The minimum Gasteiger partial charge on any atom is -0.492 e. The average Bonchev–Trinajstić information content (AvgIpc) is 2.27. The van der Waals surface area contributed by atoms with Crippen LogP contribution >= 0.6 is 0 Å². The fourth-order valence-electron chi connectivity index (χ4n) is 1.65. The van der Waals surface area contributed by atoms with Crippen LogP contribution in [0.1, 0.15) is 30.9 Å². The first kappa shape index (κ1) is 15.8. The molecule has 0 spiro atoms. The second-order valence-electron chi connectivity index (χ2n) is 5.06. The van der Waals surface area contributed by atoms with E-state index in [1.54, 1.807) is 0 Å². The third-order valence-electron chi connectivity index (χ3n) is 2.76. The average molecular weight is 275 g/mol. The smallest absolute Gasteiger partial charge is 0.416 e. The van der Waals surface area contributed by atoms with Crippen molar-refractivity contribution in [3.63, 3.8) is 0 Å². The summed E-state index contributed by atoms with van der Waals surface area (Å²) in [6.07, 6.45) is -4.31. The molecule has 0 aromatic heterocycles. The van der Waals surface area contributed by atoms with Gasteiger partial charge in [-0.2, -0.15) is 13.2 Å². The third kappa shape index (κ3) is 4.74. The summed E-state index contributed by atoms with van der Waals surface area (Å²) < 4.78 is 43.6. The normalized spacial score (nSPS) is 12.3. The number of nitrogens with zero attached hydrogens (tertiary/aromatic N) is 1. The Hall–Kier alpha value is -1.23. The highest BCUT2D eigenvalue weighted by Crippen LogP contribution is 2.35. The minimum absolute atomic E-state index is 0.0170. The minimum atomic E-state index is -4.31. The Morgan fingerprint density at radius 2 is 1.84 bits per heavy atom. The highest BCUT2D eigenvalue weighted by Gasteiger charge is 2.31. The molecule has 19 heavy (non-hydrogen) atoms. The zero-order chi connectivity index (χ0) is 14.6. The maximum absolute atomic E-state index is 12.7. The topological polar surface area (TPSA) is 12.5 Å². The zero-order valence-electron chi connectivity index (χ0n) is 11.7. The van der Waals surface area contributed by atoms with Gasteiger partial charge in [-0.1, -0.05) is 13.8 Å². The molecule has 1 aromatic carbocycles. The SMILES string of the molecule is CC(C)c1cc(C(F)(F)F)ccc1OCCN(C)C. The lowest BCUT2D eigenvalue weighted by Gasteiger charge is -2.17. The van der Waals surface area contributed by atoms with E-state index in [1.165, 1.54) is 12.1 Å². The maximum atomic E-state index is 12.7. The largest absolute Gasteiger partial charge is 0.492 e. The number of benzene rings is 1. The predicted octanol–water partition coefficient (Wildman–Crippen LogP) is 3.77. The van der Waals surface area contributed by atoms with Crippen LogP contribution in [0.3, 0.4) is 0 Å². The molecule has 0 aliphatic heterocycles. The molecule has 0 aliphatic rings. The highest BCUT2D eigenvalue weighted by molar-refractivity contribution is 5.40. The quantitative estimate of drug-likeness (QED) is 0.811. The summed E-state index contributed by atoms with van der Waals surface area (Å²) in [4.78, 5) is 1.96. The van der Waals surface area contributed by atoms with Crippen LogP contribution in [0.4, 0.5) is 13.2 Å². The van der Waals surface area contributed by atoms with E-state index < -0.39 is 11.7 Å². The molecule has 0 aliphatic carbocycles. The van der Waals surface area contributed by atoms with Crippen LogP contribution in [0.5, 0.6) is 5.75 Å². The molecule has 108 valence electrons. The molecule has 0 unspecified atom stereocenters. The number of likely N-dealkylation sites (N-methyl/N-ethyl adjacent to an activating group) is 1. The first-order valence-electron chi connectivity index (χ1n) is 6.20. The van der Waals surface area contributed by atoms with Gasteiger partial charge in [-0.3, -0.25) is 0 Å². The summed E-state index contributed by atoms with van der Waals surface area (Å²) in [6.45, 7) is 4.89. The zero-order valence-corrected chi connectivity index (χ0v) is 11.7. The van der Waals surface area contributed by atoms with E-state index in [4.69, 9.17) is 4.74 Å². The molecule has 5 heteroatoms. The monoisotopic (exact) mass is 275 g/mol. The number of alkyl halides is 3. The van der Waals surface area contributed by atoms with Gasteiger partial charge in [-0.05, 0) is 43.8 Å². The Morgan fingerprint density at radius 3 is 2.32 bits per heavy atom. The van der Waals surface area contributed by atoms with Gasteiger partial charge in [0.15, 0.2) is 0 Å². The van der Waals surface area contributed by atoms with Crippen molar-refractivity contribution in [2.24, 2.45) is 0 Å². The van der Waals surface area contributed by atoms with E-state index in [0.29, 0.717) is 17.9 Å². The lowest BCUT2D eigenvalue weighted by atomic mass is 9.99. The molecular formula is C14H20F3NO. The first-order valence-corrected chi connectivity index (χ1v) is 6.20. The predicted molar refractivity (Wildman–Crippen MR) is 69.6 cm³/mol. The van der Waals surface area contributed by atoms with Gasteiger partial charge in [0.25, 0.3) is 0 Å². The molecule has 0 fully saturated rings. The van der Waals surface area contributed by atoms with Gasteiger partial charge in [0.2, 0.25) is 0 Å². The molecule has 1 aromatic rings. The number of hydrogen-bond donors (Lipinski definition) is 0. The Bertz CT molecular complexity index is 414. The molecular weight excluding hydrogens is 255 g/mol. The number of halogens is 3. The Morgan fingerprint density at radius 1 is 1.21 bits per heavy atom. The van der Waals surface area contributed by atoms with Gasteiger partial charge in [-0.15, -0.1) is 0 Å². The first-order chi connectivity index (χ1) is 8.71. The van der Waals surface area contributed by atoms with Crippen molar-refractivity contribution in [2.75, 3.05) is 27.2 Å². The van der Waals surface area contributed by atoms with Crippen molar-refractivity contribution >= 4 is 0 Å². The van der Waals surface area contributed by atoms with E-state index in [1.807, 2.05) is 32.8 Å². The van der Waals surface area contributed by atoms with Crippen molar-refractivity contribution in [3.05, 3.63) is 29.3 Å². The van der Waals surface area contributed by atoms with Crippen LogP contribution in [0, 0.1) is 0 Å². The van der Waals surface area contributed by atoms with E-state index in [-0.39, 0.29) is 5.92 Å². The lowest BCUT2D eigenvalue weighted by molar-refractivity contribution is -0.137. The molecule has 0 heterocycles. The molecule has 2 nitrogen and oxygen atoms in total. The summed E-state index contributed by atoms with van der Waals surface area (Å²) >= 11 is 0. The fourth-order valence-corrected chi connectivity index (χ4v) is 1.65. The van der Waals surface area contributed by atoms with Crippen molar-refractivity contribution < 1.29 is 17.9 Å². The number of rotatable bonds is 5. The van der Waals surface area contributed by atoms with E-state index >= 15 is 0 Å². The van der Waals surface area contributed by atoms with E-state index in [0.717, 1.165) is 12.6 Å². The molecule has 0 saturated carbocycles. The number of ether oxygens (including phenoxy) is 1. The summed E-state index contributed by atoms with van der Waals surface area (Å²) in [6, 6.07) is 3.65. The third-order valence-corrected chi connectivity index (χ3v) is 2.76. The van der Waals surface area contributed by atoms with Gasteiger partial charge >= 0.3 is 6.18 Å². The van der Waals surface area contributed by atoms with Crippen LogP contribution in [0.2, 0.25) is 0 Å². The van der Waals surface area contributed by atoms with Gasteiger partial charge in [0, 0.05) is 6.54 Å². The Labute approximate surface area is 112 Å². The van der Waals surface area contributed by atoms with Crippen molar-refractivity contribution in [1.29, 1.82) is 0 Å². The summed E-state index contributed by atoms with van der Waals surface area (Å²) in [5, 5.41) is 0. The molecule has 0 N–H and O–H groups in total. The molecule has 0 saturated heterocycles. The van der Waals surface area contributed by atoms with Crippen LogP contribution in [-0.2, 0) is 6.18 Å². The standard InChI is InChI=1S/C14H20F3NO/c1-10(2)12-9-11(14(15,16)17)5-6-13(12)19-8-7-18(3)4/h5-6,9-10H,7-8H2,1-4H3. The fraction of sp³-hybridized carbons (Fsp3) is 0.571. The van der Waals surface area contributed by atoms with Crippen LogP contribution < -0.4 is 4.74 Å². The highest BCUT2D eigenvalue weighted by atomic mass is 19.4. The van der Waals surface area contributed by atoms with E-state index in [2.05, 4.69) is 0 Å². The molecule has 0 atom stereocenters. The Kier molecular flexibility index (Phi) is 5.23. The van der Waals surface area contributed by atoms with Crippen LogP contribution in [-0.4, -0.2) is 32.1 Å². The van der Waals surface area contributed by atoms with Crippen molar-refractivity contribution in [2.45, 2.75) is 25.9 Å². The second kappa shape index (κ2) is 6.28. The van der Waals surface area contributed by atoms with Crippen LogP contribution in [0.25, 0.3) is 0 Å². The van der Waals surface area contributed by atoms with Crippen molar-refractivity contribution in [1.82, 2.24) is 4.90 Å². The van der Waals surface area contributed by atoms with Gasteiger partial charge < -0.3 is 9.64 Å². The second-order valence-corrected chi connectivity index (χ2v) is 5.06. The van der Waals surface area contributed by atoms with Gasteiger partial charge in [0.05, 0.1) is 5.56 Å².